The van der Waals surface area contributed by atoms with E-state index in [0.29, 0.717) is 0 Å². The minimum atomic E-state index is -2.50. The molecule has 0 aromatic heterocycles. The van der Waals surface area contributed by atoms with E-state index in [0.717, 1.165) is 6.42 Å². The summed E-state index contributed by atoms with van der Waals surface area (Å²) in [5, 5.41) is 0. The van der Waals surface area contributed by atoms with Gasteiger partial charge in [0.05, 0.1) is 0 Å². The van der Waals surface area contributed by atoms with Gasteiger partial charge < -0.3 is 0 Å². The summed E-state index contributed by atoms with van der Waals surface area (Å²) in [6, 6.07) is 0. The molecule has 0 aliphatic rings. The molecule has 0 unspecified atom stereocenters. The predicted molar refractivity (Wildman–Crippen MR) is 103 cm³/mol. The van der Waals surface area contributed by atoms with Gasteiger partial charge in [-0.1, -0.05) is 0 Å². The third-order valence-electron chi connectivity index (χ3n) is 4.95. The van der Waals surface area contributed by atoms with E-state index in [1.54, 1.807) is 0 Å². The van der Waals surface area contributed by atoms with Gasteiger partial charge in [0.1, 0.15) is 0 Å². The fourth-order valence-corrected chi connectivity index (χ4v) is 18.9. The van der Waals surface area contributed by atoms with Crippen LogP contribution in [0, 0.1) is 0 Å². The van der Waals surface area contributed by atoms with Crippen molar-refractivity contribution >= 4 is 18.4 Å². The third kappa shape index (κ3) is 9.31. The zero-order chi connectivity index (χ0) is 17.6. The van der Waals surface area contributed by atoms with Crippen LogP contribution in [-0.2, 0) is 0 Å². The van der Waals surface area contributed by atoms with E-state index in [4.69, 9.17) is 2.74 Å². The van der Waals surface area contributed by atoms with E-state index in [9.17, 15) is 0 Å². The number of hydrogen-bond acceptors (Lipinski definition) is 0. The van der Waals surface area contributed by atoms with E-state index < -0.39 is 18.4 Å². The molecule has 0 atom stereocenters. The van der Waals surface area contributed by atoms with Gasteiger partial charge in [0.25, 0.3) is 0 Å². The quantitative estimate of drug-likeness (QED) is 0.193. The summed E-state index contributed by atoms with van der Waals surface area (Å²) < 4.78 is 21.9. The van der Waals surface area contributed by atoms with Crippen LogP contribution in [0.1, 0.15) is 101 Å². The number of unbranched alkanes of at least 4 members (excludes halogenated alkanes) is 6. The Morgan fingerprint density at radius 2 is 1.19 bits per heavy atom. The van der Waals surface area contributed by atoms with E-state index in [1.165, 1.54) is 81.1 Å². The molecular formula is C20H42Sn. The second-order valence-electron chi connectivity index (χ2n) is 6.88. The summed E-state index contributed by atoms with van der Waals surface area (Å²) in [4.78, 5) is 0. The van der Waals surface area contributed by atoms with Crippen molar-refractivity contribution in [3.05, 3.63) is 10.1 Å². The molecule has 0 aliphatic carbocycles. The summed E-state index contributed by atoms with van der Waals surface area (Å²) in [6.45, 7) is 9.36. The van der Waals surface area contributed by atoms with Crippen LogP contribution in [-0.4, -0.2) is 18.4 Å². The molecule has 0 bridgehead atoms. The van der Waals surface area contributed by atoms with Crippen molar-refractivity contribution in [1.29, 1.82) is 0 Å². The molecule has 0 nitrogen and oxygen atoms in total. The van der Waals surface area contributed by atoms with Crippen LogP contribution in [0.5, 0.6) is 0 Å². The van der Waals surface area contributed by atoms with Crippen molar-refractivity contribution < 1.29 is 2.74 Å². The van der Waals surface area contributed by atoms with Crippen molar-refractivity contribution in [1.82, 2.24) is 0 Å². The van der Waals surface area contributed by atoms with Crippen LogP contribution in [0.3, 0.4) is 0 Å². The van der Waals surface area contributed by atoms with Crippen molar-refractivity contribution in [2.75, 3.05) is 0 Å². The van der Waals surface area contributed by atoms with Crippen molar-refractivity contribution in [2.24, 2.45) is 0 Å². The fourth-order valence-electron chi connectivity index (χ4n) is 3.37. The SMILES string of the molecule is [2H]C([2H])=[C](CCCCCC)[Sn]([CH2]CCC)([CH2]CCC)[CH2]CCC. The van der Waals surface area contributed by atoms with Crippen LogP contribution >= 0.6 is 0 Å². The van der Waals surface area contributed by atoms with E-state index >= 15 is 0 Å². The van der Waals surface area contributed by atoms with Gasteiger partial charge in [0.15, 0.2) is 0 Å². The zero-order valence-electron chi connectivity index (χ0n) is 17.4. The minimum absolute atomic E-state index is 0.223. The molecule has 0 saturated carbocycles. The maximum atomic E-state index is 8.18. The molecule has 21 heavy (non-hydrogen) atoms. The van der Waals surface area contributed by atoms with Gasteiger partial charge in [0.2, 0.25) is 0 Å². The summed E-state index contributed by atoms with van der Waals surface area (Å²) in [5.41, 5.74) is 0. The summed E-state index contributed by atoms with van der Waals surface area (Å²) in [7, 11) is 0. The van der Waals surface area contributed by atoms with Gasteiger partial charge >= 0.3 is 143 Å². The number of allylic oxidation sites excluding steroid dienone is 1. The van der Waals surface area contributed by atoms with Crippen molar-refractivity contribution in [3.8, 4) is 0 Å². The van der Waals surface area contributed by atoms with Gasteiger partial charge in [0, 0.05) is 0 Å². The molecule has 126 valence electrons. The summed E-state index contributed by atoms with van der Waals surface area (Å²) >= 11 is -2.50. The van der Waals surface area contributed by atoms with Gasteiger partial charge in [-0.3, -0.25) is 0 Å². The zero-order valence-corrected chi connectivity index (χ0v) is 18.3. The molecule has 0 N–H and O–H groups in total. The molecule has 0 spiro atoms. The first-order valence-electron chi connectivity index (χ1n) is 10.7. The van der Waals surface area contributed by atoms with E-state index in [1.807, 2.05) is 0 Å². The molecule has 0 aromatic rings. The Labute approximate surface area is 142 Å². The standard InChI is InChI=1S/C8H15.3C4H9.Sn/c1-3-5-7-8-6-4-2;3*1-3-4-2;/h1,4-8H2,2H3;3*1,3-4H2,2H3;/i1D2;;;;. The normalized spacial score (nSPS) is 13.0. The summed E-state index contributed by atoms with van der Waals surface area (Å²) in [6.07, 6.45) is 13.9. The Hall–Kier alpha value is 0.539. The first kappa shape index (κ1) is 17.9. The van der Waals surface area contributed by atoms with Gasteiger partial charge in [-0.25, -0.2) is 0 Å². The Kier molecular flexibility index (Phi) is 12.1. The molecule has 0 amide bonds. The Balaban J connectivity index is 5.27. The van der Waals surface area contributed by atoms with Crippen LogP contribution in [0.25, 0.3) is 0 Å². The van der Waals surface area contributed by atoms with Crippen molar-refractivity contribution in [3.63, 3.8) is 0 Å². The fraction of sp³-hybridized carbons (Fsp3) is 0.900. The van der Waals surface area contributed by atoms with E-state index in [2.05, 4.69) is 27.7 Å². The molecule has 1 heteroatoms. The Bertz CT molecular complexity index is 287. The van der Waals surface area contributed by atoms with Gasteiger partial charge in [-0.05, 0) is 0 Å². The number of hydrogen-bond donors (Lipinski definition) is 0. The topological polar surface area (TPSA) is 0 Å². The average molecular weight is 403 g/mol. The van der Waals surface area contributed by atoms with Gasteiger partial charge in [-0.15, -0.1) is 0 Å². The van der Waals surface area contributed by atoms with Crippen LogP contribution in [0.4, 0.5) is 0 Å². The van der Waals surface area contributed by atoms with Crippen LogP contribution < -0.4 is 0 Å². The first-order chi connectivity index (χ1) is 11.1. The first-order valence-corrected chi connectivity index (χ1v) is 17.2. The molecule has 0 aromatic carbocycles. The van der Waals surface area contributed by atoms with Gasteiger partial charge in [-0.2, -0.15) is 0 Å². The Morgan fingerprint density at radius 1 is 0.714 bits per heavy atom. The predicted octanol–water partition coefficient (Wildman–Crippen LogP) is 7.90. The Morgan fingerprint density at radius 3 is 1.57 bits per heavy atom. The van der Waals surface area contributed by atoms with Crippen LogP contribution in [0.2, 0.25) is 13.3 Å². The second kappa shape index (κ2) is 14.2. The molecule has 0 radical (unpaired) electrons. The van der Waals surface area contributed by atoms with E-state index in [-0.39, 0.29) is 6.53 Å². The molecule has 0 fully saturated rings. The molecule has 0 heterocycles. The summed E-state index contributed by atoms with van der Waals surface area (Å²) in [5.74, 6) is 0. The van der Waals surface area contributed by atoms with Crippen molar-refractivity contribution in [2.45, 2.75) is 112 Å². The second-order valence-corrected chi connectivity index (χ2v) is 20.2. The monoisotopic (exact) mass is 404 g/mol. The molecular weight excluding hydrogens is 359 g/mol. The maximum absolute atomic E-state index is 8.18. The van der Waals surface area contributed by atoms with Crippen LogP contribution in [0.15, 0.2) is 10.1 Å². The number of rotatable bonds is 15. The molecule has 0 aliphatic heterocycles. The third-order valence-corrected chi connectivity index (χ3v) is 20.5. The average Bonchev–Trinajstić information content (AvgIpc) is 2.55. The molecule has 0 saturated heterocycles. The molecule has 0 rings (SSSR count).